The van der Waals surface area contributed by atoms with Crippen molar-refractivity contribution >= 4 is 5.97 Å². The molecule has 0 bridgehead atoms. The van der Waals surface area contributed by atoms with Crippen molar-refractivity contribution in [2.24, 2.45) is 5.73 Å². The molecule has 0 aliphatic carbocycles. The van der Waals surface area contributed by atoms with Crippen LogP contribution in [0.25, 0.3) is 0 Å². The first-order valence-corrected chi connectivity index (χ1v) is 3.59. The Kier molecular flexibility index (Phi) is 2.29. The lowest BCUT2D eigenvalue weighted by Gasteiger charge is -2.17. The Hall–Kier alpha value is -1.49. The van der Waals surface area contributed by atoms with Gasteiger partial charge < -0.3 is 10.8 Å². The summed E-state index contributed by atoms with van der Waals surface area (Å²) in [6.45, 7) is 1.30. The van der Waals surface area contributed by atoms with Gasteiger partial charge in [-0.15, -0.1) is 0 Å². The van der Waals surface area contributed by atoms with Crippen LogP contribution in [0.1, 0.15) is 12.6 Å². The van der Waals surface area contributed by atoms with Crippen molar-refractivity contribution in [1.82, 2.24) is 4.98 Å². The van der Waals surface area contributed by atoms with Gasteiger partial charge in [-0.2, -0.15) is 0 Å². The number of aliphatic carboxylic acids is 1. The molecule has 0 aliphatic heterocycles. The molecule has 1 aromatic heterocycles. The van der Waals surface area contributed by atoms with Gasteiger partial charge in [0.2, 0.25) is 0 Å². The predicted octanol–water partition coefficient (Wildman–Crippen LogP) is 0.479. The molecule has 0 radical (unpaired) electrons. The van der Waals surface area contributed by atoms with Crippen molar-refractivity contribution in [1.29, 1.82) is 0 Å². The van der Waals surface area contributed by atoms with E-state index in [-0.39, 0.29) is 5.69 Å². The lowest BCUT2D eigenvalue weighted by molar-refractivity contribution is -0.143. The number of rotatable bonds is 2. The highest BCUT2D eigenvalue weighted by molar-refractivity contribution is 5.79. The summed E-state index contributed by atoms with van der Waals surface area (Å²) in [5.41, 5.74) is 4.00. The lowest BCUT2D eigenvalue weighted by atomic mass is 9.99. The van der Waals surface area contributed by atoms with Crippen molar-refractivity contribution in [3.05, 3.63) is 29.8 Å². The molecule has 5 heteroatoms. The summed E-state index contributed by atoms with van der Waals surface area (Å²) in [5.74, 6) is -1.73. The third kappa shape index (κ3) is 1.81. The van der Waals surface area contributed by atoms with E-state index in [9.17, 15) is 9.18 Å². The molecule has 3 N–H and O–H groups in total. The summed E-state index contributed by atoms with van der Waals surface area (Å²) in [5, 5.41) is 8.71. The molecule has 1 atom stereocenters. The Labute approximate surface area is 74.2 Å². The van der Waals surface area contributed by atoms with Crippen LogP contribution >= 0.6 is 0 Å². The first-order chi connectivity index (χ1) is 5.94. The highest BCUT2D eigenvalue weighted by atomic mass is 19.1. The molecule has 0 saturated carbocycles. The second-order valence-electron chi connectivity index (χ2n) is 2.87. The number of carbonyl (C=O) groups is 1. The van der Waals surface area contributed by atoms with E-state index >= 15 is 0 Å². The second kappa shape index (κ2) is 3.10. The normalized spacial score (nSPS) is 15.0. The van der Waals surface area contributed by atoms with E-state index in [2.05, 4.69) is 4.98 Å². The molecule has 1 aromatic rings. The van der Waals surface area contributed by atoms with Crippen LogP contribution in [0.5, 0.6) is 0 Å². The average molecular weight is 184 g/mol. The topological polar surface area (TPSA) is 76.2 Å². The summed E-state index contributed by atoms with van der Waals surface area (Å²) < 4.78 is 12.4. The fraction of sp³-hybridized carbons (Fsp3) is 0.250. The number of aromatic nitrogens is 1. The largest absolute Gasteiger partial charge is 0.480 e. The third-order valence-electron chi connectivity index (χ3n) is 1.70. The Balaban J connectivity index is 3.08. The maximum absolute atomic E-state index is 12.4. The summed E-state index contributed by atoms with van der Waals surface area (Å²) >= 11 is 0. The van der Waals surface area contributed by atoms with E-state index in [1.54, 1.807) is 0 Å². The number of nitrogens with two attached hydrogens (primary N) is 1. The number of hydrogen-bond acceptors (Lipinski definition) is 3. The van der Waals surface area contributed by atoms with E-state index in [1.165, 1.54) is 13.0 Å². The molecule has 1 heterocycles. The lowest BCUT2D eigenvalue weighted by Crippen LogP contribution is -2.42. The number of carboxylic acids is 1. The molecule has 1 unspecified atom stereocenters. The minimum Gasteiger partial charge on any atom is -0.480 e. The van der Waals surface area contributed by atoms with Crippen molar-refractivity contribution in [2.45, 2.75) is 12.5 Å². The standard InChI is InChI=1S/C8H9FN2O2/c1-8(10,7(12)13)6-3-2-5(9)4-11-6/h2-4H,10H2,1H3,(H,12,13). The Morgan fingerprint density at radius 2 is 2.31 bits per heavy atom. The maximum atomic E-state index is 12.4. The number of pyridine rings is 1. The Morgan fingerprint density at radius 1 is 1.69 bits per heavy atom. The maximum Gasteiger partial charge on any atom is 0.329 e. The van der Waals surface area contributed by atoms with Crippen LogP contribution in [0.2, 0.25) is 0 Å². The van der Waals surface area contributed by atoms with E-state index in [0.29, 0.717) is 0 Å². The van der Waals surface area contributed by atoms with Gasteiger partial charge in [-0.25, -0.2) is 9.18 Å². The van der Waals surface area contributed by atoms with Gasteiger partial charge in [0.15, 0.2) is 5.54 Å². The monoisotopic (exact) mass is 184 g/mol. The molecular formula is C8H9FN2O2. The zero-order valence-electron chi connectivity index (χ0n) is 6.99. The molecule has 4 nitrogen and oxygen atoms in total. The highest BCUT2D eigenvalue weighted by Gasteiger charge is 2.31. The van der Waals surface area contributed by atoms with Gasteiger partial charge in [0.05, 0.1) is 11.9 Å². The minimum absolute atomic E-state index is 0.126. The van der Waals surface area contributed by atoms with Crippen LogP contribution in [0.15, 0.2) is 18.3 Å². The van der Waals surface area contributed by atoms with Gasteiger partial charge in [0.1, 0.15) is 5.82 Å². The molecule has 0 amide bonds. The molecule has 1 rings (SSSR count). The number of carboxylic acid groups (broad SMARTS) is 1. The third-order valence-corrected chi connectivity index (χ3v) is 1.70. The van der Waals surface area contributed by atoms with Gasteiger partial charge in [-0.1, -0.05) is 0 Å². The van der Waals surface area contributed by atoms with E-state index in [4.69, 9.17) is 10.8 Å². The van der Waals surface area contributed by atoms with Gasteiger partial charge >= 0.3 is 5.97 Å². The number of halogens is 1. The molecule has 13 heavy (non-hydrogen) atoms. The number of nitrogens with zero attached hydrogens (tertiary/aromatic N) is 1. The van der Waals surface area contributed by atoms with Crippen LogP contribution < -0.4 is 5.73 Å². The van der Waals surface area contributed by atoms with Crippen LogP contribution in [0.4, 0.5) is 4.39 Å². The van der Waals surface area contributed by atoms with Gasteiger partial charge in [-0.3, -0.25) is 4.98 Å². The fourth-order valence-electron chi connectivity index (χ4n) is 0.793. The van der Waals surface area contributed by atoms with Crippen molar-refractivity contribution < 1.29 is 14.3 Å². The van der Waals surface area contributed by atoms with Crippen LogP contribution in [-0.4, -0.2) is 16.1 Å². The van der Waals surface area contributed by atoms with Crippen LogP contribution in [-0.2, 0) is 10.3 Å². The van der Waals surface area contributed by atoms with Gasteiger partial charge in [0, 0.05) is 0 Å². The molecule has 0 fully saturated rings. The first kappa shape index (κ1) is 9.60. The number of hydrogen-bond donors (Lipinski definition) is 2. The van der Waals surface area contributed by atoms with Crippen molar-refractivity contribution in [2.75, 3.05) is 0 Å². The quantitative estimate of drug-likeness (QED) is 0.700. The Bertz CT molecular complexity index is 321. The van der Waals surface area contributed by atoms with Crippen molar-refractivity contribution in [3.63, 3.8) is 0 Å². The van der Waals surface area contributed by atoms with E-state index < -0.39 is 17.3 Å². The molecule has 0 saturated heterocycles. The van der Waals surface area contributed by atoms with Crippen LogP contribution in [0.3, 0.4) is 0 Å². The van der Waals surface area contributed by atoms with Crippen molar-refractivity contribution in [3.8, 4) is 0 Å². The summed E-state index contributed by atoms with van der Waals surface area (Å²) in [4.78, 5) is 14.2. The summed E-state index contributed by atoms with van der Waals surface area (Å²) in [7, 11) is 0. The second-order valence-corrected chi connectivity index (χ2v) is 2.87. The zero-order chi connectivity index (χ0) is 10.1. The first-order valence-electron chi connectivity index (χ1n) is 3.59. The molecular weight excluding hydrogens is 175 g/mol. The minimum atomic E-state index is -1.58. The summed E-state index contributed by atoms with van der Waals surface area (Å²) in [6.07, 6.45) is 0.934. The summed E-state index contributed by atoms with van der Waals surface area (Å²) in [6, 6.07) is 2.37. The SMILES string of the molecule is CC(N)(C(=O)O)c1ccc(F)cn1. The van der Waals surface area contributed by atoms with E-state index in [1.807, 2.05) is 0 Å². The molecule has 70 valence electrons. The van der Waals surface area contributed by atoms with E-state index in [0.717, 1.165) is 12.3 Å². The van der Waals surface area contributed by atoms with Gasteiger partial charge in [0.25, 0.3) is 0 Å². The zero-order valence-corrected chi connectivity index (χ0v) is 6.99. The van der Waals surface area contributed by atoms with Crippen LogP contribution in [0, 0.1) is 5.82 Å². The van der Waals surface area contributed by atoms with Gasteiger partial charge in [-0.05, 0) is 19.1 Å². The highest BCUT2D eigenvalue weighted by Crippen LogP contribution is 2.14. The molecule has 0 spiro atoms. The smallest absolute Gasteiger partial charge is 0.329 e. The fourth-order valence-corrected chi connectivity index (χ4v) is 0.793. The molecule has 0 aromatic carbocycles. The predicted molar refractivity (Wildman–Crippen MR) is 43.4 cm³/mol. The molecule has 0 aliphatic rings. The average Bonchev–Trinajstić information content (AvgIpc) is 2.04. The Morgan fingerprint density at radius 3 is 2.69 bits per heavy atom.